The molecule has 2 fully saturated rings. The molecule has 0 saturated carbocycles. The minimum absolute atomic E-state index is 0.171. The number of nitrogens with zero attached hydrogens (tertiary/aromatic N) is 4. The fourth-order valence-corrected chi connectivity index (χ4v) is 4.94. The Morgan fingerprint density at radius 3 is 2.73 bits per heavy atom. The van der Waals surface area contributed by atoms with Crippen molar-refractivity contribution in [2.24, 2.45) is 0 Å². The van der Waals surface area contributed by atoms with Crippen LogP contribution in [0.4, 0.5) is 5.13 Å². The van der Waals surface area contributed by atoms with Gasteiger partial charge in [-0.3, -0.25) is 9.69 Å². The molecule has 2 aliphatic rings. The average Bonchev–Trinajstić information content (AvgIpc) is 3.21. The molecule has 1 N–H and O–H groups in total. The van der Waals surface area contributed by atoms with Crippen molar-refractivity contribution in [1.29, 1.82) is 0 Å². The minimum atomic E-state index is -0.479. The predicted octanol–water partition coefficient (Wildman–Crippen LogP) is 2.05. The third-order valence-electron chi connectivity index (χ3n) is 5.05. The maximum Gasteiger partial charge on any atom is 0.222 e. The first-order chi connectivity index (χ1) is 12.6. The summed E-state index contributed by atoms with van der Waals surface area (Å²) in [4.78, 5) is 22.7. The summed E-state index contributed by atoms with van der Waals surface area (Å²) in [5.41, 5.74) is 0.988. The van der Waals surface area contributed by atoms with Gasteiger partial charge >= 0.3 is 0 Å². The number of hydrogen-bond acceptors (Lipinski definition) is 6. The summed E-state index contributed by atoms with van der Waals surface area (Å²) in [6.45, 7) is 5.42. The third-order valence-corrected chi connectivity index (χ3v) is 6.37. The Kier molecular flexibility index (Phi) is 5.31. The molecule has 2 saturated heterocycles. The highest BCUT2D eigenvalue weighted by Gasteiger charge is 2.25. The lowest BCUT2D eigenvalue weighted by atomic mass is 10.2. The number of carbonyl (C=O) groups excluding carboxylic acids is 1. The van der Waals surface area contributed by atoms with Gasteiger partial charge in [0.25, 0.3) is 0 Å². The van der Waals surface area contributed by atoms with Crippen molar-refractivity contribution in [3.05, 3.63) is 23.2 Å². The lowest BCUT2D eigenvalue weighted by Gasteiger charge is -2.35. The Labute approximate surface area is 162 Å². The number of thiazole rings is 1. The van der Waals surface area contributed by atoms with Crippen molar-refractivity contribution in [3.8, 4) is 0 Å². The van der Waals surface area contributed by atoms with Crippen molar-refractivity contribution < 1.29 is 9.90 Å². The summed E-state index contributed by atoms with van der Waals surface area (Å²) in [5.74, 6) is 0.171. The molecule has 1 aromatic carbocycles. The second-order valence-corrected chi connectivity index (χ2v) is 8.44. The van der Waals surface area contributed by atoms with Crippen molar-refractivity contribution in [3.63, 3.8) is 0 Å². The first-order valence-electron chi connectivity index (χ1n) is 9.08. The summed E-state index contributed by atoms with van der Waals surface area (Å²) in [7, 11) is 0. The zero-order valence-electron chi connectivity index (χ0n) is 14.6. The van der Waals surface area contributed by atoms with Crippen LogP contribution in [-0.2, 0) is 4.79 Å². The second-order valence-electron chi connectivity index (χ2n) is 6.99. The van der Waals surface area contributed by atoms with E-state index in [2.05, 4.69) is 9.80 Å². The van der Waals surface area contributed by atoms with Crippen LogP contribution in [0.5, 0.6) is 0 Å². The lowest BCUT2D eigenvalue weighted by molar-refractivity contribution is -0.129. The molecule has 0 aliphatic carbocycles. The zero-order valence-corrected chi connectivity index (χ0v) is 16.2. The predicted molar refractivity (Wildman–Crippen MR) is 105 cm³/mol. The SMILES string of the molecule is O=C1CCCN1CC(O)CN1CCN(c2nc3ccc(Cl)cc3s2)CC1. The Morgan fingerprint density at radius 1 is 1.19 bits per heavy atom. The number of benzene rings is 1. The molecule has 2 aliphatic heterocycles. The maximum absolute atomic E-state index is 11.7. The molecule has 0 spiro atoms. The first-order valence-corrected chi connectivity index (χ1v) is 10.3. The molecular formula is C18H23ClN4O2S. The van der Waals surface area contributed by atoms with Crippen LogP contribution in [-0.4, -0.2) is 77.7 Å². The molecular weight excluding hydrogens is 372 g/mol. The molecule has 1 atom stereocenters. The molecule has 6 nitrogen and oxygen atoms in total. The average molecular weight is 395 g/mol. The van der Waals surface area contributed by atoms with E-state index in [1.54, 1.807) is 16.2 Å². The Balaban J connectivity index is 1.29. The highest BCUT2D eigenvalue weighted by molar-refractivity contribution is 7.22. The normalized spacial score (nSPS) is 20.3. The summed E-state index contributed by atoms with van der Waals surface area (Å²) in [5, 5.41) is 12.1. The number of aliphatic hydroxyl groups is 1. The molecule has 0 radical (unpaired) electrons. The fourth-order valence-electron chi connectivity index (χ4n) is 3.65. The zero-order chi connectivity index (χ0) is 18.1. The number of carbonyl (C=O) groups is 1. The minimum Gasteiger partial charge on any atom is -0.390 e. The number of hydrogen-bond donors (Lipinski definition) is 1. The molecule has 4 rings (SSSR count). The Hall–Kier alpha value is -1.41. The van der Waals surface area contributed by atoms with E-state index in [-0.39, 0.29) is 5.91 Å². The second kappa shape index (κ2) is 7.68. The monoisotopic (exact) mass is 394 g/mol. The number of fused-ring (bicyclic) bond motifs is 1. The van der Waals surface area contributed by atoms with Gasteiger partial charge in [0, 0.05) is 57.3 Å². The molecule has 1 unspecified atom stereocenters. The third kappa shape index (κ3) is 3.96. The summed E-state index contributed by atoms with van der Waals surface area (Å²) < 4.78 is 1.11. The van der Waals surface area contributed by atoms with Crippen LogP contribution in [0.3, 0.4) is 0 Å². The molecule has 2 aromatic rings. The van der Waals surface area contributed by atoms with Crippen molar-refractivity contribution >= 4 is 44.2 Å². The molecule has 1 amide bonds. The summed E-state index contributed by atoms with van der Waals surface area (Å²) in [6.07, 6.45) is 1.06. The van der Waals surface area contributed by atoms with Crippen LogP contribution in [0.2, 0.25) is 5.02 Å². The first kappa shape index (κ1) is 18.0. The Bertz CT molecular complexity index is 791. The van der Waals surface area contributed by atoms with Crippen LogP contribution in [0, 0.1) is 0 Å². The highest BCUT2D eigenvalue weighted by atomic mass is 35.5. The van der Waals surface area contributed by atoms with Gasteiger partial charge in [0.2, 0.25) is 5.91 Å². The smallest absolute Gasteiger partial charge is 0.222 e. The number of aliphatic hydroxyl groups excluding tert-OH is 1. The van der Waals surface area contributed by atoms with Gasteiger partial charge < -0.3 is 14.9 Å². The molecule has 26 heavy (non-hydrogen) atoms. The van der Waals surface area contributed by atoms with E-state index in [9.17, 15) is 9.90 Å². The highest BCUT2D eigenvalue weighted by Crippen LogP contribution is 2.31. The van der Waals surface area contributed by atoms with E-state index in [1.165, 1.54) is 0 Å². The van der Waals surface area contributed by atoms with Crippen LogP contribution in [0.15, 0.2) is 18.2 Å². The van der Waals surface area contributed by atoms with Gasteiger partial charge in [0.1, 0.15) is 0 Å². The molecule has 1 aromatic heterocycles. The van der Waals surface area contributed by atoms with Gasteiger partial charge in [0.15, 0.2) is 5.13 Å². The van der Waals surface area contributed by atoms with Gasteiger partial charge in [-0.15, -0.1) is 0 Å². The van der Waals surface area contributed by atoms with Gasteiger partial charge in [0.05, 0.1) is 16.3 Å². The summed E-state index contributed by atoms with van der Waals surface area (Å²) >= 11 is 7.73. The van der Waals surface area contributed by atoms with E-state index in [1.807, 2.05) is 18.2 Å². The van der Waals surface area contributed by atoms with Crippen LogP contribution in [0.25, 0.3) is 10.2 Å². The fraction of sp³-hybridized carbons (Fsp3) is 0.556. The van der Waals surface area contributed by atoms with E-state index < -0.39 is 6.10 Å². The van der Waals surface area contributed by atoms with E-state index in [0.717, 1.165) is 59.5 Å². The number of aromatic nitrogens is 1. The Morgan fingerprint density at radius 2 is 2.00 bits per heavy atom. The number of β-amino-alcohol motifs (C(OH)–C–C–N with tert-alkyl or cyclic N) is 1. The van der Waals surface area contributed by atoms with Crippen molar-refractivity contribution in [2.75, 3.05) is 50.7 Å². The molecule has 0 bridgehead atoms. The number of halogens is 1. The van der Waals surface area contributed by atoms with Gasteiger partial charge in [-0.2, -0.15) is 0 Å². The maximum atomic E-state index is 11.7. The number of amides is 1. The van der Waals surface area contributed by atoms with E-state index in [4.69, 9.17) is 16.6 Å². The van der Waals surface area contributed by atoms with Crippen molar-refractivity contribution in [2.45, 2.75) is 18.9 Å². The van der Waals surface area contributed by atoms with Crippen LogP contribution >= 0.6 is 22.9 Å². The van der Waals surface area contributed by atoms with Gasteiger partial charge in [-0.05, 0) is 24.6 Å². The standard InChI is InChI=1S/C18H23ClN4O2S/c19-13-3-4-15-16(10-13)26-18(20-15)22-8-6-21(7-9-22)11-14(24)12-23-5-1-2-17(23)25/h3-4,10,14,24H,1-2,5-9,11-12H2. The van der Waals surface area contributed by atoms with Crippen molar-refractivity contribution in [1.82, 2.24) is 14.8 Å². The number of anilines is 1. The quantitative estimate of drug-likeness (QED) is 0.841. The van der Waals surface area contributed by atoms with E-state index in [0.29, 0.717) is 19.5 Å². The summed E-state index contributed by atoms with van der Waals surface area (Å²) in [6, 6.07) is 5.80. The topological polar surface area (TPSA) is 59.9 Å². The molecule has 140 valence electrons. The van der Waals surface area contributed by atoms with Crippen LogP contribution < -0.4 is 4.90 Å². The molecule has 8 heteroatoms. The van der Waals surface area contributed by atoms with Crippen LogP contribution in [0.1, 0.15) is 12.8 Å². The molecule has 3 heterocycles. The largest absolute Gasteiger partial charge is 0.390 e. The lowest BCUT2D eigenvalue weighted by Crippen LogP contribution is -2.50. The number of piperazine rings is 1. The number of likely N-dealkylation sites (tertiary alicyclic amines) is 1. The number of rotatable bonds is 5. The van der Waals surface area contributed by atoms with Gasteiger partial charge in [-0.1, -0.05) is 22.9 Å². The van der Waals surface area contributed by atoms with Gasteiger partial charge in [-0.25, -0.2) is 4.98 Å². The van der Waals surface area contributed by atoms with E-state index >= 15 is 0 Å².